The number of rotatable bonds is 4. The average Bonchev–Trinajstić information content (AvgIpc) is 3.06. The fourth-order valence-electron chi connectivity index (χ4n) is 4.10. The Morgan fingerprint density at radius 1 is 0.903 bits per heavy atom. The first-order valence-corrected chi connectivity index (χ1v) is 10.4. The fraction of sp³-hybridized carbons (Fsp3) is 0.333. The molecule has 1 saturated carbocycles. The van der Waals surface area contributed by atoms with Crippen molar-refractivity contribution in [1.29, 1.82) is 0 Å². The van der Waals surface area contributed by atoms with Crippen LogP contribution in [-0.4, -0.2) is 40.8 Å². The number of allylic oxidation sites excluding steroid dienone is 2. The third kappa shape index (κ3) is 2.49. The molecule has 2 amide bonds. The van der Waals surface area contributed by atoms with Crippen LogP contribution in [-0.2, 0) is 9.59 Å². The van der Waals surface area contributed by atoms with E-state index in [0.717, 1.165) is 12.1 Å². The van der Waals surface area contributed by atoms with Crippen molar-refractivity contribution < 1.29 is 19.4 Å². The number of non-ortho nitro benzene ring substituents is 1. The van der Waals surface area contributed by atoms with Crippen LogP contribution in [0.5, 0.6) is 0 Å². The lowest BCUT2D eigenvalue weighted by Crippen LogP contribution is -2.51. The van der Waals surface area contributed by atoms with Crippen LogP contribution in [0, 0.1) is 32.1 Å². The number of nitro benzene ring substituents is 2. The van der Waals surface area contributed by atoms with Crippen molar-refractivity contribution in [3.8, 4) is 0 Å². The monoisotopic (exact) mass is 548 g/mol. The highest BCUT2D eigenvalue weighted by atomic mass is 35.5. The second kappa shape index (κ2) is 6.72. The molecule has 31 heavy (non-hydrogen) atoms. The maximum Gasteiger partial charge on any atom is 0.300 e. The molecule has 2 bridgehead atoms. The highest BCUT2D eigenvalue weighted by Gasteiger charge is 2.87. The Morgan fingerprint density at radius 2 is 1.39 bits per heavy atom. The molecule has 0 spiro atoms. The molecule has 1 aromatic carbocycles. The summed E-state index contributed by atoms with van der Waals surface area (Å²) in [7, 11) is 0. The van der Waals surface area contributed by atoms with Gasteiger partial charge in [0.1, 0.15) is 15.4 Å². The van der Waals surface area contributed by atoms with E-state index < -0.39 is 59.0 Å². The first-order chi connectivity index (χ1) is 14.2. The Kier molecular flexibility index (Phi) is 4.91. The molecule has 0 radical (unpaired) electrons. The molecule has 4 rings (SSSR count). The first-order valence-electron chi connectivity index (χ1n) is 8.12. The minimum atomic E-state index is -2.12. The van der Waals surface area contributed by atoms with E-state index in [9.17, 15) is 29.8 Å². The van der Waals surface area contributed by atoms with Gasteiger partial charge in [0, 0.05) is 6.07 Å². The molecule has 1 N–H and O–H groups in total. The summed E-state index contributed by atoms with van der Waals surface area (Å²) in [6.45, 7) is 0. The highest BCUT2D eigenvalue weighted by molar-refractivity contribution is 6.66. The second-order valence-corrected chi connectivity index (χ2v) is 10.2. The number of alkyl halides is 4. The molecule has 1 aromatic rings. The zero-order chi connectivity index (χ0) is 23.3. The van der Waals surface area contributed by atoms with E-state index in [2.05, 4.69) is 5.43 Å². The number of fused-ring (bicyclic) bond motifs is 5. The van der Waals surface area contributed by atoms with E-state index in [1.54, 1.807) is 0 Å². The molecule has 1 heterocycles. The number of nitrogens with zero attached hydrogens (tertiary/aromatic N) is 3. The van der Waals surface area contributed by atoms with Gasteiger partial charge in [0.2, 0.25) is 0 Å². The minimum Gasteiger partial charge on any atom is -0.282 e. The topological polar surface area (TPSA) is 136 Å². The fourth-order valence-corrected chi connectivity index (χ4v) is 7.03. The predicted octanol–water partition coefficient (Wildman–Crippen LogP) is 4.28. The number of halogens is 6. The molecule has 4 unspecified atom stereocenters. The van der Waals surface area contributed by atoms with Gasteiger partial charge in [0.15, 0.2) is 4.33 Å². The number of amides is 2. The lowest BCUT2D eigenvalue weighted by atomic mass is 9.84. The molecule has 2 aliphatic carbocycles. The molecule has 4 atom stereocenters. The largest absolute Gasteiger partial charge is 0.300 e. The number of imide groups is 1. The maximum absolute atomic E-state index is 13.1. The number of hydrazine groups is 1. The van der Waals surface area contributed by atoms with Gasteiger partial charge in [0.05, 0.1) is 37.8 Å². The van der Waals surface area contributed by atoms with Gasteiger partial charge in [-0.2, -0.15) is 5.01 Å². The number of anilines is 1. The molecule has 164 valence electrons. The molecule has 2 fully saturated rings. The quantitative estimate of drug-likeness (QED) is 0.256. The van der Waals surface area contributed by atoms with Gasteiger partial charge < -0.3 is 0 Å². The van der Waals surface area contributed by atoms with Crippen LogP contribution in [0.2, 0.25) is 0 Å². The SMILES string of the molecule is O=C1C2C(C(=O)N1Nc1ccc([N+](=O)[O-])cc1[N+](=O)[O-])C1(Cl)C(Cl)=C(Cl)C2(Cl)C1(Cl)Cl. The van der Waals surface area contributed by atoms with Gasteiger partial charge in [-0.1, -0.05) is 46.4 Å². The molecular weight excluding hydrogens is 545 g/mol. The second-order valence-electron chi connectivity index (χ2n) is 6.92. The van der Waals surface area contributed by atoms with Gasteiger partial charge in [-0.3, -0.25) is 35.2 Å². The average molecular weight is 551 g/mol. The van der Waals surface area contributed by atoms with Gasteiger partial charge in [-0.15, -0.1) is 23.2 Å². The van der Waals surface area contributed by atoms with E-state index in [-0.39, 0.29) is 15.8 Å². The van der Waals surface area contributed by atoms with Crippen LogP contribution in [0.15, 0.2) is 28.3 Å². The zero-order valence-corrected chi connectivity index (χ0v) is 19.0. The molecule has 16 heteroatoms. The number of carbonyl (C=O) groups excluding carboxylic acids is 2. The molecular formula is C15H6Cl6N4O6. The molecule has 1 aliphatic heterocycles. The summed E-state index contributed by atoms with van der Waals surface area (Å²) in [5.41, 5.74) is 0.614. The van der Waals surface area contributed by atoms with Crippen molar-refractivity contribution in [3.63, 3.8) is 0 Å². The van der Waals surface area contributed by atoms with Crippen LogP contribution in [0.1, 0.15) is 0 Å². The van der Waals surface area contributed by atoms with Crippen LogP contribution < -0.4 is 5.43 Å². The molecule has 1 saturated heterocycles. The Labute approximate surface area is 202 Å². The number of carbonyl (C=O) groups is 2. The third-order valence-electron chi connectivity index (χ3n) is 5.53. The summed E-state index contributed by atoms with van der Waals surface area (Å²) in [5.74, 6) is -4.80. The minimum absolute atomic E-state index is 0.290. The summed E-state index contributed by atoms with van der Waals surface area (Å²) in [6.07, 6.45) is 0. The summed E-state index contributed by atoms with van der Waals surface area (Å²) < 4.78 is -2.12. The first kappa shape index (κ1) is 22.6. The Morgan fingerprint density at radius 3 is 1.81 bits per heavy atom. The van der Waals surface area contributed by atoms with Gasteiger partial charge in [-0.05, 0) is 6.07 Å². The van der Waals surface area contributed by atoms with E-state index in [1.807, 2.05) is 0 Å². The van der Waals surface area contributed by atoms with Crippen molar-refractivity contribution in [2.45, 2.75) is 14.1 Å². The number of hydrogen-bond donors (Lipinski definition) is 1. The van der Waals surface area contributed by atoms with Crippen LogP contribution >= 0.6 is 69.6 Å². The number of nitro groups is 2. The normalized spacial score (nSPS) is 33.2. The van der Waals surface area contributed by atoms with Crippen molar-refractivity contribution >= 4 is 98.5 Å². The maximum atomic E-state index is 13.1. The van der Waals surface area contributed by atoms with E-state index in [4.69, 9.17) is 69.6 Å². The Bertz CT molecular complexity index is 1100. The standard InChI is InChI=1S/C15H6Cl6N4O6/c16-9-10(17)14(19)8-7(13(9,18)15(14,20)21)11(26)23(12(8)27)22-5-2-1-4(24(28)29)3-6(5)25(30)31/h1-3,7-8,22H. The summed E-state index contributed by atoms with van der Waals surface area (Å²) in [6, 6.07) is 2.59. The zero-order valence-electron chi connectivity index (χ0n) is 14.4. The van der Waals surface area contributed by atoms with Crippen LogP contribution in [0.3, 0.4) is 0 Å². The van der Waals surface area contributed by atoms with Crippen molar-refractivity contribution in [1.82, 2.24) is 5.01 Å². The van der Waals surface area contributed by atoms with E-state index in [0.29, 0.717) is 11.1 Å². The lowest BCUT2D eigenvalue weighted by molar-refractivity contribution is -0.393. The van der Waals surface area contributed by atoms with Crippen molar-refractivity contribution in [2.75, 3.05) is 5.43 Å². The number of benzene rings is 1. The van der Waals surface area contributed by atoms with E-state index in [1.165, 1.54) is 0 Å². The number of hydrogen-bond acceptors (Lipinski definition) is 7. The summed E-state index contributed by atoms with van der Waals surface area (Å²) >= 11 is 38.2. The predicted molar refractivity (Wildman–Crippen MR) is 113 cm³/mol. The van der Waals surface area contributed by atoms with Crippen molar-refractivity contribution in [3.05, 3.63) is 48.5 Å². The Hall–Kier alpha value is -1.56. The molecule has 0 aromatic heterocycles. The molecule has 3 aliphatic rings. The van der Waals surface area contributed by atoms with Gasteiger partial charge in [0.25, 0.3) is 17.5 Å². The van der Waals surface area contributed by atoms with E-state index >= 15 is 0 Å². The van der Waals surface area contributed by atoms with Gasteiger partial charge >= 0.3 is 5.69 Å². The van der Waals surface area contributed by atoms with Crippen LogP contribution in [0.4, 0.5) is 17.1 Å². The smallest absolute Gasteiger partial charge is 0.282 e. The third-order valence-corrected chi connectivity index (χ3v) is 9.79. The summed E-state index contributed by atoms with van der Waals surface area (Å²) in [4.78, 5) is 42.7. The number of nitrogens with one attached hydrogen (secondary N) is 1. The highest BCUT2D eigenvalue weighted by Crippen LogP contribution is 2.77. The summed E-state index contributed by atoms with van der Waals surface area (Å²) in [5, 5.41) is 22.1. The molecule has 10 nitrogen and oxygen atoms in total. The van der Waals surface area contributed by atoms with Gasteiger partial charge in [-0.25, -0.2) is 0 Å². The van der Waals surface area contributed by atoms with Crippen molar-refractivity contribution in [2.24, 2.45) is 11.8 Å². The lowest BCUT2D eigenvalue weighted by Gasteiger charge is -2.34. The Balaban J connectivity index is 1.77. The van der Waals surface area contributed by atoms with Crippen LogP contribution in [0.25, 0.3) is 0 Å².